The quantitative estimate of drug-likeness (QED) is 0.285. The molecule has 9 heteroatoms. The molecule has 0 bridgehead atoms. The number of hydrogen-bond acceptors (Lipinski definition) is 6. The summed E-state index contributed by atoms with van der Waals surface area (Å²) in [6.07, 6.45) is 7.13. The second-order valence-corrected chi connectivity index (χ2v) is 13.2. The van der Waals surface area contributed by atoms with Gasteiger partial charge in [0.25, 0.3) is 5.91 Å². The van der Waals surface area contributed by atoms with Crippen LogP contribution in [-0.2, 0) is 22.9 Å². The Hall–Kier alpha value is -2.85. The summed E-state index contributed by atoms with van der Waals surface area (Å²) in [5.41, 5.74) is 10.6. The van der Waals surface area contributed by atoms with E-state index in [1.165, 1.54) is 24.1 Å². The van der Waals surface area contributed by atoms with Gasteiger partial charge in [-0.05, 0) is 73.3 Å². The van der Waals surface area contributed by atoms with E-state index in [0.717, 1.165) is 67.4 Å². The molecule has 0 radical (unpaired) electrons. The van der Waals surface area contributed by atoms with Crippen LogP contribution in [0.5, 0.6) is 0 Å². The fourth-order valence-corrected chi connectivity index (χ4v) is 7.14. The third-order valence-corrected chi connectivity index (χ3v) is 9.62. The Labute approximate surface area is 261 Å². The zero-order chi connectivity index (χ0) is 31.4. The van der Waals surface area contributed by atoms with E-state index in [9.17, 15) is 9.18 Å². The van der Waals surface area contributed by atoms with Crippen LogP contribution in [0.1, 0.15) is 62.4 Å². The second-order valence-electron chi connectivity index (χ2n) is 13.2. The summed E-state index contributed by atoms with van der Waals surface area (Å²) in [6, 6.07) is 9.53. The molecule has 0 aliphatic carbocycles. The number of carbonyl (C=O) groups excluding carboxylic acids is 1. The standard InChI is InChI=1S/C35H50FN5O3/c1-23(2)33(8-6-7-28(37)13-15-43-5)40-20-25(21-40)17-26-9-11-30(32-19-38-39(4)34(26)32)29-12-10-27(36)18-31(29)35(42)41-14-16-44-22-24(41)3/h9-12,18-19,23-25,28,33H,6-8,13-17,20-22,37H2,1-5H3/t24-,28?,33-/m1/s1. The number of aryl methyl sites for hydroxylation is 1. The highest BCUT2D eigenvalue weighted by Crippen LogP contribution is 2.36. The molecule has 1 unspecified atom stereocenters. The summed E-state index contributed by atoms with van der Waals surface area (Å²) in [7, 11) is 3.70. The lowest BCUT2D eigenvalue weighted by molar-refractivity contribution is 0.00361. The minimum atomic E-state index is -0.416. The van der Waals surface area contributed by atoms with E-state index < -0.39 is 5.82 Å². The van der Waals surface area contributed by atoms with Crippen molar-refractivity contribution in [1.29, 1.82) is 0 Å². The van der Waals surface area contributed by atoms with Crippen LogP contribution in [0.2, 0.25) is 0 Å². The monoisotopic (exact) mass is 607 g/mol. The van der Waals surface area contributed by atoms with Crippen molar-refractivity contribution in [2.45, 2.75) is 71.0 Å². The van der Waals surface area contributed by atoms with Gasteiger partial charge in [-0.15, -0.1) is 0 Å². The molecular formula is C35H50FN5O3. The van der Waals surface area contributed by atoms with Gasteiger partial charge >= 0.3 is 0 Å². The first-order valence-corrected chi connectivity index (χ1v) is 16.3. The normalized spacial score (nSPS) is 19.5. The summed E-state index contributed by atoms with van der Waals surface area (Å²) in [4.78, 5) is 18.1. The summed E-state index contributed by atoms with van der Waals surface area (Å²) in [6.45, 7) is 11.0. The fraction of sp³-hybridized carbons (Fsp3) is 0.600. The SMILES string of the molecule is COCCC(N)CCC[C@H](C(C)C)N1CC(Cc2ccc(-c3ccc(F)cc3C(=O)N3CCOC[C@H]3C)c3cnn(C)c23)C1. The lowest BCUT2D eigenvalue weighted by atomic mass is 9.85. The van der Waals surface area contributed by atoms with Crippen molar-refractivity contribution in [1.82, 2.24) is 19.6 Å². The van der Waals surface area contributed by atoms with Gasteiger partial charge in [-0.25, -0.2) is 4.39 Å². The zero-order valence-corrected chi connectivity index (χ0v) is 27.1. The number of halogens is 1. The number of nitrogens with two attached hydrogens (primary N) is 1. The number of benzene rings is 2. The van der Waals surface area contributed by atoms with E-state index in [4.69, 9.17) is 15.2 Å². The molecule has 2 N–H and O–H groups in total. The smallest absolute Gasteiger partial charge is 0.254 e. The Morgan fingerprint density at radius 3 is 2.66 bits per heavy atom. The fourth-order valence-electron chi connectivity index (χ4n) is 7.14. The third kappa shape index (κ3) is 7.17. The molecule has 3 atom stereocenters. The van der Waals surface area contributed by atoms with E-state index >= 15 is 0 Å². The highest BCUT2D eigenvalue weighted by molar-refractivity contribution is 6.06. The van der Waals surface area contributed by atoms with Crippen LogP contribution in [0.15, 0.2) is 36.5 Å². The zero-order valence-electron chi connectivity index (χ0n) is 27.1. The molecule has 1 amide bonds. The number of amides is 1. The van der Waals surface area contributed by atoms with Crippen molar-refractivity contribution >= 4 is 16.8 Å². The van der Waals surface area contributed by atoms with Crippen molar-refractivity contribution in [3.05, 3.63) is 53.5 Å². The Balaban J connectivity index is 1.31. The molecular weight excluding hydrogens is 557 g/mol. The maximum atomic E-state index is 14.5. The van der Waals surface area contributed by atoms with Gasteiger partial charge in [0.05, 0.1) is 36.5 Å². The second kappa shape index (κ2) is 14.5. The lowest BCUT2D eigenvalue weighted by Crippen LogP contribution is -2.54. The number of aromatic nitrogens is 2. The summed E-state index contributed by atoms with van der Waals surface area (Å²) >= 11 is 0. The van der Waals surface area contributed by atoms with Crippen molar-refractivity contribution < 1.29 is 18.7 Å². The molecule has 5 rings (SSSR count). The molecule has 8 nitrogen and oxygen atoms in total. The topological polar surface area (TPSA) is 85.8 Å². The van der Waals surface area contributed by atoms with Crippen LogP contribution in [0.4, 0.5) is 4.39 Å². The molecule has 0 spiro atoms. The number of methoxy groups -OCH3 is 1. The third-order valence-electron chi connectivity index (χ3n) is 9.62. The van der Waals surface area contributed by atoms with Crippen LogP contribution in [0.3, 0.4) is 0 Å². The number of fused-ring (bicyclic) bond motifs is 1. The maximum Gasteiger partial charge on any atom is 0.254 e. The maximum absolute atomic E-state index is 14.5. The van der Waals surface area contributed by atoms with Gasteiger partial charge in [-0.1, -0.05) is 38.5 Å². The number of nitrogens with zero attached hydrogens (tertiary/aromatic N) is 4. The largest absolute Gasteiger partial charge is 0.385 e. The van der Waals surface area contributed by atoms with Crippen molar-refractivity contribution in [2.75, 3.05) is 46.6 Å². The van der Waals surface area contributed by atoms with Crippen molar-refractivity contribution in [3.63, 3.8) is 0 Å². The van der Waals surface area contributed by atoms with Gasteiger partial charge in [0, 0.05) is 57.9 Å². The Morgan fingerprint density at radius 1 is 1.16 bits per heavy atom. The predicted molar refractivity (Wildman–Crippen MR) is 173 cm³/mol. The van der Waals surface area contributed by atoms with E-state index in [1.807, 2.05) is 24.9 Å². The van der Waals surface area contributed by atoms with Gasteiger partial charge in [0.15, 0.2) is 0 Å². The van der Waals surface area contributed by atoms with Crippen molar-refractivity contribution in [3.8, 4) is 11.1 Å². The molecule has 2 saturated heterocycles. The predicted octanol–water partition coefficient (Wildman–Crippen LogP) is 5.27. The number of ether oxygens (including phenoxy) is 2. The first kappa shape index (κ1) is 32.5. The minimum absolute atomic E-state index is 0.0658. The highest BCUT2D eigenvalue weighted by Gasteiger charge is 2.34. The molecule has 3 heterocycles. The molecule has 2 aromatic carbocycles. The van der Waals surface area contributed by atoms with E-state index in [2.05, 4.69) is 36.0 Å². The van der Waals surface area contributed by atoms with Gasteiger partial charge in [0.2, 0.25) is 0 Å². The Kier molecular flexibility index (Phi) is 10.7. The van der Waals surface area contributed by atoms with Gasteiger partial charge in [-0.3, -0.25) is 14.4 Å². The van der Waals surface area contributed by atoms with Crippen LogP contribution >= 0.6 is 0 Å². The summed E-state index contributed by atoms with van der Waals surface area (Å²) in [5, 5.41) is 5.61. The van der Waals surface area contributed by atoms with Crippen molar-refractivity contribution in [2.24, 2.45) is 24.6 Å². The van der Waals surface area contributed by atoms with Gasteiger partial charge in [-0.2, -0.15) is 5.10 Å². The van der Waals surface area contributed by atoms with E-state index in [0.29, 0.717) is 43.2 Å². The number of likely N-dealkylation sites (tertiary alicyclic amines) is 1. The molecule has 1 aromatic heterocycles. The van der Waals surface area contributed by atoms with Gasteiger partial charge < -0.3 is 20.1 Å². The van der Waals surface area contributed by atoms with Crippen LogP contribution < -0.4 is 5.73 Å². The minimum Gasteiger partial charge on any atom is -0.385 e. The molecule has 2 aliphatic rings. The summed E-state index contributed by atoms with van der Waals surface area (Å²) < 4.78 is 27.2. The van der Waals surface area contributed by atoms with E-state index in [1.54, 1.807) is 18.1 Å². The number of rotatable bonds is 13. The van der Waals surface area contributed by atoms with Crippen LogP contribution in [0, 0.1) is 17.7 Å². The summed E-state index contributed by atoms with van der Waals surface area (Å²) in [5.74, 6) is 0.597. The average molecular weight is 608 g/mol. The Morgan fingerprint density at radius 2 is 1.93 bits per heavy atom. The first-order chi connectivity index (χ1) is 21.2. The highest BCUT2D eigenvalue weighted by atomic mass is 19.1. The number of morpholine rings is 1. The molecule has 0 saturated carbocycles. The van der Waals surface area contributed by atoms with Crippen LogP contribution in [0.25, 0.3) is 22.0 Å². The molecule has 3 aromatic rings. The number of hydrogen-bond donors (Lipinski definition) is 1. The molecule has 2 fully saturated rings. The first-order valence-electron chi connectivity index (χ1n) is 16.3. The lowest BCUT2D eigenvalue weighted by Gasteiger charge is -2.46. The van der Waals surface area contributed by atoms with Gasteiger partial charge in [0.1, 0.15) is 5.82 Å². The molecule has 2 aliphatic heterocycles. The Bertz CT molecular complexity index is 1420. The average Bonchev–Trinajstić information content (AvgIpc) is 3.38. The number of carbonyl (C=O) groups is 1. The van der Waals surface area contributed by atoms with E-state index in [-0.39, 0.29) is 18.0 Å². The molecule has 44 heavy (non-hydrogen) atoms. The van der Waals surface area contributed by atoms with Crippen LogP contribution in [-0.4, -0.2) is 90.2 Å². The molecule has 240 valence electrons.